The zero-order chi connectivity index (χ0) is 4.50. The van der Waals surface area contributed by atoms with Gasteiger partial charge in [0.2, 0.25) is 0 Å². The van der Waals surface area contributed by atoms with Gasteiger partial charge in [0, 0.05) is 0 Å². The summed E-state index contributed by atoms with van der Waals surface area (Å²) in [5.74, 6) is 0. The van der Waals surface area contributed by atoms with Crippen molar-refractivity contribution in [2.45, 2.75) is 0 Å². The van der Waals surface area contributed by atoms with Gasteiger partial charge in [0.25, 0.3) is 0 Å². The first-order chi connectivity index (χ1) is 2.00. The average Bonchev–Trinajstić information content (AvgIpc) is 0.722. The van der Waals surface area contributed by atoms with Gasteiger partial charge in [-0.05, 0) is 0 Å². The summed E-state index contributed by atoms with van der Waals surface area (Å²) in [6.07, 6.45) is 0. The van der Waals surface area contributed by atoms with Crippen LogP contribution >= 0.6 is 7.82 Å². The Kier molecular flexibility index (Phi) is 4.78. The molecule has 0 fully saturated rings. The summed E-state index contributed by atoms with van der Waals surface area (Å²) in [4.78, 5) is 24.3. The molecule has 0 saturated carbocycles. The zero-order valence-corrected chi connectivity index (χ0v) is 5.60. The van der Waals surface area contributed by atoms with Crippen molar-refractivity contribution >= 4 is 7.82 Å². The standard InChI is InChI=1S/H3O4P.Pt/c1-5(2,3)4;/h(H3,1,2,3,4);/q;+2/p-2. The summed E-state index contributed by atoms with van der Waals surface area (Å²) >= 11 is 0. The smallest absolute Gasteiger partial charge is 0.790 e. The molecule has 0 atom stereocenters. The van der Waals surface area contributed by atoms with Crippen molar-refractivity contribution in [3.8, 4) is 0 Å². The van der Waals surface area contributed by atoms with E-state index in [9.17, 15) is 0 Å². The maximum Gasteiger partial charge on any atom is 2.00 e. The Hall–Kier alpha value is 0.798. The summed E-state index contributed by atoms with van der Waals surface area (Å²) in [6, 6.07) is 0. The van der Waals surface area contributed by atoms with Gasteiger partial charge in [-0.25, -0.2) is 0 Å². The minimum Gasteiger partial charge on any atom is -0.790 e. The molecule has 0 radical (unpaired) electrons. The van der Waals surface area contributed by atoms with E-state index < -0.39 is 7.82 Å². The summed E-state index contributed by atoms with van der Waals surface area (Å²) in [7, 11) is -5.14. The van der Waals surface area contributed by atoms with E-state index in [1.807, 2.05) is 0 Å². The van der Waals surface area contributed by atoms with Gasteiger partial charge in [-0.15, -0.1) is 0 Å². The quantitative estimate of drug-likeness (QED) is 0.514. The van der Waals surface area contributed by atoms with Crippen molar-refractivity contribution in [2.75, 3.05) is 0 Å². The van der Waals surface area contributed by atoms with E-state index in [2.05, 4.69) is 0 Å². The molecule has 0 aromatic rings. The molecule has 1 N–H and O–H groups in total. The predicted octanol–water partition coefficient (Wildman–Crippen LogP) is -2.20. The fourth-order valence-electron chi connectivity index (χ4n) is 0. The summed E-state index contributed by atoms with van der Waals surface area (Å²) in [6.45, 7) is 0. The molecule has 0 aliphatic carbocycles. The number of hydrogen-bond donors (Lipinski definition) is 1. The molecule has 0 unspecified atom stereocenters. The van der Waals surface area contributed by atoms with E-state index in [1.54, 1.807) is 0 Å². The molecule has 0 heterocycles. The summed E-state index contributed by atoms with van der Waals surface area (Å²) in [5.41, 5.74) is 0. The molecule has 0 saturated heterocycles. The van der Waals surface area contributed by atoms with E-state index >= 15 is 0 Å². The second-order valence-corrected chi connectivity index (χ2v) is 1.41. The third-order valence-electron chi connectivity index (χ3n) is 0. The Morgan fingerprint density at radius 2 is 1.50 bits per heavy atom. The van der Waals surface area contributed by atoms with Crippen LogP contribution in [0, 0.1) is 0 Å². The van der Waals surface area contributed by atoms with Gasteiger partial charge in [0.1, 0.15) is 0 Å². The number of phosphoric acid groups is 1. The molecule has 0 bridgehead atoms. The van der Waals surface area contributed by atoms with Gasteiger partial charge in [0.15, 0.2) is 0 Å². The SMILES string of the molecule is O=P([O-])([O-])O.[Pt+2]. The molecule has 4 nitrogen and oxygen atoms in total. The molecular weight excluding hydrogens is 290 g/mol. The van der Waals surface area contributed by atoms with Crippen molar-refractivity contribution in [2.24, 2.45) is 0 Å². The van der Waals surface area contributed by atoms with Gasteiger partial charge in [0.05, 0.1) is 7.82 Å². The van der Waals surface area contributed by atoms with Crippen molar-refractivity contribution in [3.63, 3.8) is 0 Å². The Balaban J connectivity index is 0. The molecule has 0 aliphatic heterocycles. The van der Waals surface area contributed by atoms with E-state index in [4.69, 9.17) is 19.2 Å². The van der Waals surface area contributed by atoms with E-state index in [0.717, 1.165) is 0 Å². The van der Waals surface area contributed by atoms with Crippen LogP contribution in [-0.4, -0.2) is 4.89 Å². The summed E-state index contributed by atoms with van der Waals surface area (Å²) in [5, 5.41) is 0. The van der Waals surface area contributed by atoms with Crippen molar-refractivity contribution in [1.82, 2.24) is 0 Å². The van der Waals surface area contributed by atoms with Crippen LogP contribution in [0.4, 0.5) is 0 Å². The third-order valence-corrected chi connectivity index (χ3v) is 0. The van der Waals surface area contributed by atoms with Crippen LogP contribution < -0.4 is 9.79 Å². The second kappa shape index (κ2) is 2.89. The molecule has 6 heavy (non-hydrogen) atoms. The fraction of sp³-hybridized carbons (Fsp3) is 0. The van der Waals surface area contributed by atoms with E-state index in [-0.39, 0.29) is 21.1 Å². The Labute approximate surface area is 48.7 Å². The predicted molar refractivity (Wildman–Crippen MR) is 9.83 cm³/mol. The van der Waals surface area contributed by atoms with Gasteiger partial charge < -0.3 is 19.2 Å². The first-order valence-corrected chi connectivity index (χ1v) is 2.24. The maximum atomic E-state index is 8.66. The number of rotatable bonds is 0. The molecule has 0 aromatic carbocycles. The van der Waals surface area contributed by atoms with Crippen molar-refractivity contribution < 1.29 is 40.3 Å². The van der Waals surface area contributed by atoms with Crippen LogP contribution in [0.25, 0.3) is 0 Å². The summed E-state index contributed by atoms with van der Waals surface area (Å²) < 4.78 is 8.66. The first-order valence-electron chi connectivity index (χ1n) is 0.748. The normalized spacial score (nSPS) is 9.83. The van der Waals surface area contributed by atoms with Crippen molar-refractivity contribution in [3.05, 3.63) is 0 Å². The average molecular weight is 291 g/mol. The van der Waals surface area contributed by atoms with Crippen LogP contribution in [0.1, 0.15) is 0 Å². The Morgan fingerprint density at radius 3 is 1.50 bits per heavy atom. The molecule has 0 aromatic heterocycles. The molecule has 0 rings (SSSR count). The van der Waals surface area contributed by atoms with Crippen LogP contribution in [-0.2, 0) is 25.6 Å². The number of hydrogen-bond acceptors (Lipinski definition) is 3. The largest absolute Gasteiger partial charge is 2.00 e. The van der Waals surface area contributed by atoms with Crippen LogP contribution in [0.5, 0.6) is 0 Å². The third kappa shape index (κ3) is 109. The second-order valence-electron chi connectivity index (χ2n) is 0.469. The van der Waals surface area contributed by atoms with Gasteiger partial charge >= 0.3 is 21.1 Å². The molecule has 0 aliphatic rings. The molecule has 0 spiro atoms. The van der Waals surface area contributed by atoms with E-state index in [1.165, 1.54) is 0 Å². The minimum atomic E-state index is -5.14. The maximum absolute atomic E-state index is 8.66. The van der Waals surface area contributed by atoms with Gasteiger partial charge in [-0.3, -0.25) is 0 Å². The van der Waals surface area contributed by atoms with Gasteiger partial charge in [-0.1, -0.05) is 0 Å². The van der Waals surface area contributed by atoms with Crippen LogP contribution in [0.15, 0.2) is 0 Å². The van der Waals surface area contributed by atoms with E-state index in [0.29, 0.717) is 0 Å². The Morgan fingerprint density at radius 1 is 1.50 bits per heavy atom. The topological polar surface area (TPSA) is 83.4 Å². The molecule has 0 amide bonds. The first kappa shape index (κ1) is 9.93. The Bertz CT molecular complexity index is 53.7. The fourth-order valence-corrected chi connectivity index (χ4v) is 0. The molecule has 40 valence electrons. The molecular formula is HO4PPt. The van der Waals surface area contributed by atoms with Gasteiger partial charge in [-0.2, -0.15) is 0 Å². The minimum absolute atomic E-state index is 0. The van der Waals surface area contributed by atoms with Crippen LogP contribution in [0.3, 0.4) is 0 Å². The van der Waals surface area contributed by atoms with Crippen molar-refractivity contribution in [1.29, 1.82) is 0 Å². The van der Waals surface area contributed by atoms with Crippen LogP contribution in [0.2, 0.25) is 0 Å². The molecule has 6 heteroatoms. The monoisotopic (exact) mass is 291 g/mol. The zero-order valence-electron chi connectivity index (χ0n) is 2.44.